The third kappa shape index (κ3) is 3.10. The Hall–Kier alpha value is -1.47. The van der Waals surface area contributed by atoms with E-state index >= 15 is 0 Å². The molecule has 0 saturated carbocycles. The molecule has 0 aliphatic carbocycles. The van der Waals surface area contributed by atoms with Crippen molar-refractivity contribution in [1.29, 1.82) is 0 Å². The molecule has 0 saturated heterocycles. The van der Waals surface area contributed by atoms with E-state index in [1.807, 2.05) is 13.8 Å². The van der Waals surface area contributed by atoms with Crippen molar-refractivity contribution in [2.45, 2.75) is 19.8 Å². The van der Waals surface area contributed by atoms with Gasteiger partial charge in [-0.3, -0.25) is 5.10 Å². The monoisotopic (exact) mass is 340 g/mol. The van der Waals surface area contributed by atoms with Crippen LogP contribution in [0.15, 0.2) is 27.8 Å². The average molecular weight is 341 g/mol. The SMILES string of the molecule is CC(C)c1n[nH]c(=S)n1/N=C\c1cc(Br)ccc1O. The normalized spacial score (nSPS) is 11.6. The molecule has 0 aliphatic heterocycles. The first-order valence-electron chi connectivity index (χ1n) is 5.69. The van der Waals surface area contributed by atoms with Crippen LogP contribution in [0.5, 0.6) is 5.75 Å². The molecule has 1 heterocycles. The van der Waals surface area contributed by atoms with Crippen molar-refractivity contribution < 1.29 is 5.11 Å². The number of benzene rings is 1. The van der Waals surface area contributed by atoms with Crippen LogP contribution in [0.2, 0.25) is 0 Å². The quantitative estimate of drug-likeness (QED) is 0.664. The summed E-state index contributed by atoms with van der Waals surface area (Å²) in [6.07, 6.45) is 1.55. The summed E-state index contributed by atoms with van der Waals surface area (Å²) in [5, 5.41) is 20.9. The zero-order valence-corrected chi connectivity index (χ0v) is 12.9. The van der Waals surface area contributed by atoms with Crippen molar-refractivity contribution in [2.75, 3.05) is 0 Å². The maximum absolute atomic E-state index is 9.74. The first-order valence-corrected chi connectivity index (χ1v) is 6.89. The number of aromatic hydroxyl groups is 1. The first-order chi connectivity index (χ1) is 8.99. The summed E-state index contributed by atoms with van der Waals surface area (Å²) in [6.45, 7) is 4.01. The van der Waals surface area contributed by atoms with Crippen LogP contribution in [0, 0.1) is 4.77 Å². The second-order valence-electron chi connectivity index (χ2n) is 4.30. The molecule has 0 bridgehead atoms. The Labute approximate surface area is 124 Å². The van der Waals surface area contributed by atoms with Gasteiger partial charge in [0.15, 0.2) is 5.82 Å². The fourth-order valence-corrected chi connectivity index (χ4v) is 2.10. The average Bonchev–Trinajstić information content (AvgIpc) is 2.72. The zero-order chi connectivity index (χ0) is 14.0. The molecule has 1 aromatic carbocycles. The minimum absolute atomic E-state index is 0.160. The maximum atomic E-state index is 9.74. The van der Waals surface area contributed by atoms with Crippen LogP contribution in [-0.2, 0) is 0 Å². The van der Waals surface area contributed by atoms with Gasteiger partial charge in [0.1, 0.15) is 5.75 Å². The number of nitrogens with zero attached hydrogens (tertiary/aromatic N) is 3. The van der Waals surface area contributed by atoms with Crippen LogP contribution in [0.25, 0.3) is 0 Å². The van der Waals surface area contributed by atoms with E-state index < -0.39 is 0 Å². The fourth-order valence-electron chi connectivity index (χ4n) is 1.54. The number of phenolic OH excluding ortho intramolecular Hbond substituents is 1. The van der Waals surface area contributed by atoms with Crippen LogP contribution >= 0.6 is 28.1 Å². The third-order valence-corrected chi connectivity index (χ3v) is 3.25. The van der Waals surface area contributed by atoms with E-state index in [0.717, 1.165) is 10.3 Å². The molecule has 0 amide bonds. The van der Waals surface area contributed by atoms with E-state index in [9.17, 15) is 5.11 Å². The van der Waals surface area contributed by atoms with Crippen LogP contribution < -0.4 is 0 Å². The molecule has 7 heteroatoms. The Morgan fingerprint density at radius 2 is 2.26 bits per heavy atom. The van der Waals surface area contributed by atoms with Crippen molar-refractivity contribution >= 4 is 34.4 Å². The standard InChI is InChI=1S/C12H13BrN4OS/c1-7(2)11-15-16-12(19)17(11)14-6-8-5-9(13)3-4-10(8)18/h3-7,18H,1-2H3,(H,16,19)/b14-6-. The van der Waals surface area contributed by atoms with E-state index in [1.54, 1.807) is 29.1 Å². The molecule has 100 valence electrons. The van der Waals surface area contributed by atoms with E-state index in [2.05, 4.69) is 31.2 Å². The molecular formula is C12H13BrN4OS. The minimum Gasteiger partial charge on any atom is -0.507 e. The van der Waals surface area contributed by atoms with Gasteiger partial charge in [-0.2, -0.15) is 14.9 Å². The van der Waals surface area contributed by atoms with Gasteiger partial charge in [0.25, 0.3) is 0 Å². The van der Waals surface area contributed by atoms with E-state index in [4.69, 9.17) is 12.2 Å². The number of nitrogens with one attached hydrogen (secondary N) is 1. The topological polar surface area (TPSA) is 66.2 Å². The predicted molar refractivity (Wildman–Crippen MR) is 80.3 cm³/mol. The molecular weight excluding hydrogens is 328 g/mol. The van der Waals surface area contributed by atoms with Gasteiger partial charge in [-0.25, -0.2) is 0 Å². The second-order valence-corrected chi connectivity index (χ2v) is 5.60. The summed E-state index contributed by atoms with van der Waals surface area (Å²) in [5.74, 6) is 1.10. The molecule has 0 fully saturated rings. The lowest BCUT2D eigenvalue weighted by atomic mass is 10.2. The number of phenols is 1. The van der Waals surface area contributed by atoms with Crippen molar-refractivity contribution in [3.63, 3.8) is 0 Å². The van der Waals surface area contributed by atoms with Crippen molar-refractivity contribution in [1.82, 2.24) is 14.9 Å². The highest BCUT2D eigenvalue weighted by Gasteiger charge is 2.09. The molecule has 1 aromatic heterocycles. The molecule has 5 nitrogen and oxygen atoms in total. The number of hydrogen-bond acceptors (Lipinski definition) is 4. The van der Waals surface area contributed by atoms with Crippen molar-refractivity contribution in [2.24, 2.45) is 5.10 Å². The molecule has 19 heavy (non-hydrogen) atoms. The van der Waals surface area contributed by atoms with E-state index in [0.29, 0.717) is 10.3 Å². The smallest absolute Gasteiger partial charge is 0.216 e. The molecule has 2 aromatic rings. The van der Waals surface area contributed by atoms with Gasteiger partial charge in [0, 0.05) is 16.0 Å². The number of hydrogen-bond donors (Lipinski definition) is 2. The number of H-pyrrole nitrogens is 1. The molecule has 0 unspecified atom stereocenters. The summed E-state index contributed by atoms with van der Waals surface area (Å²) < 4.78 is 2.85. The predicted octanol–water partition coefficient (Wildman–Crippen LogP) is 3.41. The Morgan fingerprint density at radius 3 is 2.95 bits per heavy atom. The Bertz CT molecular complexity index is 675. The van der Waals surface area contributed by atoms with E-state index in [-0.39, 0.29) is 11.7 Å². The second kappa shape index (κ2) is 5.66. The number of aromatic amines is 1. The fraction of sp³-hybridized carbons (Fsp3) is 0.250. The summed E-state index contributed by atoms with van der Waals surface area (Å²) >= 11 is 8.47. The van der Waals surface area contributed by atoms with E-state index in [1.165, 1.54) is 0 Å². The maximum Gasteiger partial charge on any atom is 0.216 e. The number of halogens is 1. The van der Waals surface area contributed by atoms with Gasteiger partial charge in [0.2, 0.25) is 4.77 Å². The van der Waals surface area contributed by atoms with Crippen molar-refractivity contribution in [3.8, 4) is 5.75 Å². The molecule has 0 spiro atoms. The van der Waals surface area contributed by atoms with Gasteiger partial charge in [0.05, 0.1) is 6.21 Å². The van der Waals surface area contributed by atoms with Crippen LogP contribution in [0.3, 0.4) is 0 Å². The van der Waals surface area contributed by atoms with Crippen LogP contribution in [0.4, 0.5) is 0 Å². The highest BCUT2D eigenvalue weighted by molar-refractivity contribution is 9.10. The Balaban J connectivity index is 2.40. The first kappa shape index (κ1) is 14.0. The highest BCUT2D eigenvalue weighted by Crippen LogP contribution is 2.20. The van der Waals surface area contributed by atoms with Gasteiger partial charge in [-0.05, 0) is 30.4 Å². The molecule has 0 atom stereocenters. The molecule has 0 aliphatic rings. The Morgan fingerprint density at radius 1 is 1.53 bits per heavy atom. The van der Waals surface area contributed by atoms with Crippen LogP contribution in [0.1, 0.15) is 31.2 Å². The van der Waals surface area contributed by atoms with Crippen LogP contribution in [-0.4, -0.2) is 26.2 Å². The summed E-state index contributed by atoms with van der Waals surface area (Å²) in [7, 11) is 0. The minimum atomic E-state index is 0.160. The van der Waals surface area contributed by atoms with Gasteiger partial charge < -0.3 is 5.11 Å². The summed E-state index contributed by atoms with van der Waals surface area (Å²) in [6, 6.07) is 5.14. The summed E-state index contributed by atoms with van der Waals surface area (Å²) in [5.41, 5.74) is 0.604. The lowest BCUT2D eigenvalue weighted by Crippen LogP contribution is -2.01. The lowest BCUT2D eigenvalue weighted by Gasteiger charge is -2.03. The molecule has 0 radical (unpaired) electrons. The number of rotatable bonds is 3. The lowest BCUT2D eigenvalue weighted by molar-refractivity contribution is 0.474. The zero-order valence-electron chi connectivity index (χ0n) is 10.5. The summed E-state index contributed by atoms with van der Waals surface area (Å²) in [4.78, 5) is 0. The third-order valence-electron chi connectivity index (χ3n) is 2.49. The largest absolute Gasteiger partial charge is 0.507 e. The number of aromatic nitrogens is 3. The van der Waals surface area contributed by atoms with Gasteiger partial charge in [-0.15, -0.1) is 0 Å². The molecule has 2 rings (SSSR count). The van der Waals surface area contributed by atoms with Gasteiger partial charge in [-0.1, -0.05) is 29.8 Å². The highest BCUT2D eigenvalue weighted by atomic mass is 79.9. The van der Waals surface area contributed by atoms with Gasteiger partial charge >= 0.3 is 0 Å². The molecule has 2 N–H and O–H groups in total. The Kier molecular flexibility index (Phi) is 4.16. The van der Waals surface area contributed by atoms with Crippen molar-refractivity contribution in [3.05, 3.63) is 38.8 Å².